The SMILES string of the molecule is Oc1ccc2c3cccc4c3n(c2c1)-c1ncccc1CC4. The van der Waals surface area contributed by atoms with Crippen LogP contribution in [0.25, 0.3) is 27.6 Å². The number of hydrogen-bond acceptors (Lipinski definition) is 2. The largest absolute Gasteiger partial charge is 0.508 e. The number of aromatic hydroxyl groups is 1. The summed E-state index contributed by atoms with van der Waals surface area (Å²) in [6.07, 6.45) is 3.84. The molecule has 5 rings (SSSR count). The Hall–Kier alpha value is -2.81. The fourth-order valence-corrected chi connectivity index (χ4v) is 3.64. The standard InChI is InChI=1S/C19H14N2O/c22-14-8-9-15-16-5-1-3-12-6-7-13-4-2-10-20-19(13)21(18(12)16)17(15)11-14/h1-5,8-11,22H,6-7H2. The molecule has 0 atom stereocenters. The van der Waals surface area contributed by atoms with Gasteiger partial charge in [-0.1, -0.05) is 24.3 Å². The number of pyridine rings is 1. The summed E-state index contributed by atoms with van der Waals surface area (Å²) in [6.45, 7) is 0. The Labute approximate surface area is 127 Å². The Bertz CT molecular complexity index is 1050. The summed E-state index contributed by atoms with van der Waals surface area (Å²) in [5.74, 6) is 1.27. The van der Waals surface area contributed by atoms with Crippen LogP contribution in [0.1, 0.15) is 11.1 Å². The lowest BCUT2D eigenvalue weighted by atomic mass is 10.0. The number of rotatable bonds is 0. The van der Waals surface area contributed by atoms with E-state index in [2.05, 4.69) is 33.8 Å². The van der Waals surface area contributed by atoms with Gasteiger partial charge in [-0.2, -0.15) is 0 Å². The minimum Gasteiger partial charge on any atom is -0.508 e. The molecular weight excluding hydrogens is 272 g/mol. The maximum absolute atomic E-state index is 9.95. The first-order valence-electron chi connectivity index (χ1n) is 7.52. The van der Waals surface area contributed by atoms with Crippen LogP contribution in [-0.4, -0.2) is 14.7 Å². The van der Waals surface area contributed by atoms with Crippen molar-refractivity contribution < 1.29 is 5.11 Å². The Kier molecular flexibility index (Phi) is 2.20. The fraction of sp³-hybridized carbons (Fsp3) is 0.105. The number of nitrogens with zero attached hydrogens (tertiary/aromatic N) is 2. The summed E-state index contributed by atoms with van der Waals surface area (Å²) in [5.41, 5.74) is 4.83. The van der Waals surface area contributed by atoms with Gasteiger partial charge in [0.05, 0.1) is 11.0 Å². The molecule has 4 aromatic rings. The molecule has 0 saturated heterocycles. The van der Waals surface area contributed by atoms with E-state index in [1.807, 2.05) is 24.4 Å². The quantitative estimate of drug-likeness (QED) is 0.531. The number of aryl methyl sites for hydroxylation is 2. The van der Waals surface area contributed by atoms with Crippen LogP contribution in [0.4, 0.5) is 0 Å². The van der Waals surface area contributed by atoms with Crippen molar-refractivity contribution >= 4 is 21.8 Å². The predicted octanol–water partition coefficient (Wildman–Crippen LogP) is 3.98. The highest BCUT2D eigenvalue weighted by Gasteiger charge is 2.21. The molecule has 0 unspecified atom stereocenters. The average molecular weight is 286 g/mol. The summed E-state index contributed by atoms with van der Waals surface area (Å²) >= 11 is 0. The van der Waals surface area contributed by atoms with Gasteiger partial charge >= 0.3 is 0 Å². The molecule has 1 N–H and O–H groups in total. The van der Waals surface area contributed by atoms with Gasteiger partial charge in [0.2, 0.25) is 0 Å². The third-order valence-electron chi connectivity index (χ3n) is 4.60. The second-order valence-electron chi connectivity index (χ2n) is 5.84. The summed E-state index contributed by atoms with van der Waals surface area (Å²) in [5, 5.41) is 12.3. The molecule has 0 bridgehead atoms. The minimum atomic E-state index is 0.287. The smallest absolute Gasteiger partial charge is 0.140 e. The molecule has 22 heavy (non-hydrogen) atoms. The molecule has 0 spiro atoms. The molecule has 1 aliphatic heterocycles. The molecule has 106 valence electrons. The first-order chi connectivity index (χ1) is 10.8. The fourth-order valence-electron chi connectivity index (χ4n) is 3.64. The maximum Gasteiger partial charge on any atom is 0.140 e. The second kappa shape index (κ2) is 4.10. The summed E-state index contributed by atoms with van der Waals surface area (Å²) in [4.78, 5) is 4.64. The van der Waals surface area contributed by atoms with Crippen LogP contribution in [0, 0.1) is 0 Å². The minimum absolute atomic E-state index is 0.287. The van der Waals surface area contributed by atoms with Gasteiger partial charge < -0.3 is 5.11 Å². The third kappa shape index (κ3) is 1.43. The average Bonchev–Trinajstić information content (AvgIpc) is 2.76. The van der Waals surface area contributed by atoms with Gasteiger partial charge in [-0.05, 0) is 42.2 Å². The molecule has 0 fully saturated rings. The molecule has 0 radical (unpaired) electrons. The Morgan fingerprint density at radius 3 is 2.73 bits per heavy atom. The van der Waals surface area contributed by atoms with Crippen molar-refractivity contribution in [2.45, 2.75) is 12.8 Å². The van der Waals surface area contributed by atoms with E-state index in [1.165, 1.54) is 22.0 Å². The highest BCUT2D eigenvalue weighted by Crippen LogP contribution is 2.37. The molecular formula is C19H14N2O. The first kappa shape index (κ1) is 11.8. The molecule has 2 aromatic heterocycles. The summed E-state index contributed by atoms with van der Waals surface area (Å²) in [6, 6.07) is 16.2. The van der Waals surface area contributed by atoms with E-state index in [4.69, 9.17) is 0 Å². The third-order valence-corrected chi connectivity index (χ3v) is 4.60. The van der Waals surface area contributed by atoms with Gasteiger partial charge in [-0.25, -0.2) is 4.98 Å². The number of benzene rings is 2. The lowest BCUT2D eigenvalue weighted by Gasteiger charge is -2.09. The number of hydrogen-bond donors (Lipinski definition) is 1. The van der Waals surface area contributed by atoms with E-state index in [9.17, 15) is 5.11 Å². The molecule has 3 heterocycles. The number of para-hydroxylation sites is 1. The molecule has 3 nitrogen and oxygen atoms in total. The monoisotopic (exact) mass is 286 g/mol. The summed E-state index contributed by atoms with van der Waals surface area (Å²) in [7, 11) is 0. The molecule has 0 saturated carbocycles. The van der Waals surface area contributed by atoms with Crippen LogP contribution < -0.4 is 0 Å². The van der Waals surface area contributed by atoms with Gasteiger partial charge in [-0.3, -0.25) is 4.57 Å². The Morgan fingerprint density at radius 1 is 0.909 bits per heavy atom. The van der Waals surface area contributed by atoms with Crippen molar-refractivity contribution in [2.75, 3.05) is 0 Å². The van der Waals surface area contributed by atoms with E-state index in [0.717, 1.165) is 29.6 Å². The Balaban J connectivity index is 2.08. The lowest BCUT2D eigenvalue weighted by molar-refractivity contribution is 0.476. The van der Waals surface area contributed by atoms with Gasteiger partial charge in [0.25, 0.3) is 0 Å². The van der Waals surface area contributed by atoms with E-state index < -0.39 is 0 Å². The van der Waals surface area contributed by atoms with Gasteiger partial charge in [0.15, 0.2) is 0 Å². The predicted molar refractivity (Wildman–Crippen MR) is 87.6 cm³/mol. The highest BCUT2D eigenvalue weighted by molar-refractivity contribution is 6.10. The lowest BCUT2D eigenvalue weighted by Crippen LogP contribution is -2.00. The molecule has 2 aromatic carbocycles. The van der Waals surface area contributed by atoms with E-state index in [1.54, 1.807) is 6.07 Å². The van der Waals surface area contributed by atoms with Crippen LogP contribution in [0.5, 0.6) is 5.75 Å². The van der Waals surface area contributed by atoms with Crippen molar-refractivity contribution in [1.29, 1.82) is 0 Å². The van der Waals surface area contributed by atoms with Crippen LogP contribution in [0.3, 0.4) is 0 Å². The van der Waals surface area contributed by atoms with Crippen LogP contribution in [-0.2, 0) is 12.8 Å². The topological polar surface area (TPSA) is 38.0 Å². The second-order valence-corrected chi connectivity index (χ2v) is 5.84. The maximum atomic E-state index is 9.95. The molecule has 3 heteroatoms. The zero-order chi connectivity index (χ0) is 14.7. The number of phenolic OH excluding ortho intramolecular Hbond substituents is 1. The van der Waals surface area contributed by atoms with Crippen molar-refractivity contribution in [2.24, 2.45) is 0 Å². The van der Waals surface area contributed by atoms with Crippen molar-refractivity contribution in [3.8, 4) is 11.6 Å². The number of phenols is 1. The molecule has 1 aliphatic rings. The van der Waals surface area contributed by atoms with E-state index in [0.29, 0.717) is 0 Å². The van der Waals surface area contributed by atoms with Gasteiger partial charge in [0.1, 0.15) is 11.6 Å². The normalized spacial score (nSPS) is 13.3. The number of fused-ring (bicyclic) bond motifs is 5. The van der Waals surface area contributed by atoms with Crippen LogP contribution in [0.15, 0.2) is 54.7 Å². The molecule has 0 aliphatic carbocycles. The number of aromatic nitrogens is 2. The van der Waals surface area contributed by atoms with Crippen molar-refractivity contribution in [1.82, 2.24) is 9.55 Å². The van der Waals surface area contributed by atoms with Gasteiger partial charge in [0, 0.05) is 23.0 Å². The van der Waals surface area contributed by atoms with Gasteiger partial charge in [-0.15, -0.1) is 0 Å². The Morgan fingerprint density at radius 2 is 1.77 bits per heavy atom. The van der Waals surface area contributed by atoms with E-state index in [-0.39, 0.29) is 5.75 Å². The van der Waals surface area contributed by atoms with Crippen LogP contribution in [0.2, 0.25) is 0 Å². The first-order valence-corrected chi connectivity index (χ1v) is 7.52. The van der Waals surface area contributed by atoms with Crippen LogP contribution >= 0.6 is 0 Å². The highest BCUT2D eigenvalue weighted by atomic mass is 16.3. The van der Waals surface area contributed by atoms with Crippen molar-refractivity contribution in [3.05, 3.63) is 65.9 Å². The van der Waals surface area contributed by atoms with E-state index >= 15 is 0 Å². The zero-order valence-corrected chi connectivity index (χ0v) is 12.0. The molecule has 0 amide bonds. The van der Waals surface area contributed by atoms with Crippen molar-refractivity contribution in [3.63, 3.8) is 0 Å². The zero-order valence-electron chi connectivity index (χ0n) is 12.0. The summed E-state index contributed by atoms with van der Waals surface area (Å²) < 4.78 is 2.21.